The molecule has 2 aliphatic carbocycles. The van der Waals surface area contributed by atoms with Crippen molar-refractivity contribution in [2.45, 2.75) is 48.3 Å². The number of carbonyl (C=O) groups excluding carboxylic acids is 1. The fourth-order valence-electron chi connectivity index (χ4n) is 6.13. The molecule has 3 atom stereocenters. The van der Waals surface area contributed by atoms with Crippen molar-refractivity contribution in [2.75, 3.05) is 14.1 Å². The van der Waals surface area contributed by atoms with Gasteiger partial charge in [0, 0.05) is 55.7 Å². The van der Waals surface area contributed by atoms with Gasteiger partial charge in [-0.25, -0.2) is 30.3 Å². The van der Waals surface area contributed by atoms with Gasteiger partial charge in [0.2, 0.25) is 15.9 Å². The highest BCUT2D eigenvalue weighted by Gasteiger charge is 2.67. The van der Waals surface area contributed by atoms with Gasteiger partial charge in [-0.15, -0.1) is 0 Å². The van der Waals surface area contributed by atoms with E-state index in [1.165, 1.54) is 44.6 Å². The number of sulfonamides is 1. The highest BCUT2D eigenvalue weighted by Crippen LogP contribution is 2.68. The minimum absolute atomic E-state index is 0.0182. The number of nitrogens with zero attached hydrogens (tertiary/aromatic N) is 4. The van der Waals surface area contributed by atoms with Gasteiger partial charge in [-0.05, 0) is 60.2 Å². The van der Waals surface area contributed by atoms with E-state index in [1.807, 2.05) is 0 Å². The molecule has 0 N–H and O–H groups in total. The molecule has 14 heteroatoms. The predicted octanol–water partition coefficient (Wildman–Crippen LogP) is 6.68. The number of benzene rings is 2. The zero-order valence-electron chi connectivity index (χ0n) is 23.9. The van der Waals surface area contributed by atoms with Gasteiger partial charge in [-0.3, -0.25) is 9.78 Å². The lowest BCUT2D eigenvalue weighted by Gasteiger charge is -2.20. The van der Waals surface area contributed by atoms with Crippen LogP contribution >= 0.6 is 0 Å². The quantitative estimate of drug-likeness (QED) is 0.189. The zero-order valence-corrected chi connectivity index (χ0v) is 24.7. The van der Waals surface area contributed by atoms with E-state index in [0.717, 1.165) is 16.4 Å². The average Bonchev–Trinajstić information content (AvgIpc) is 3.62. The normalized spacial score (nSPS) is 19.1. The molecule has 0 spiro atoms. The van der Waals surface area contributed by atoms with Crippen LogP contribution in [0.1, 0.15) is 64.1 Å². The maximum atomic E-state index is 14.8. The summed E-state index contributed by atoms with van der Waals surface area (Å²) in [5.74, 6) is -9.10. The summed E-state index contributed by atoms with van der Waals surface area (Å²) in [6.45, 7) is 0. The number of alkyl halides is 4. The zero-order chi connectivity index (χ0) is 32.4. The number of rotatable bonds is 9. The van der Waals surface area contributed by atoms with E-state index >= 15 is 0 Å². The minimum atomic E-state index is -3.74. The first-order valence-corrected chi connectivity index (χ1v) is 15.4. The monoisotopic (exact) mass is 648 g/mol. The number of hydrogen-bond acceptors (Lipinski definition) is 5. The van der Waals surface area contributed by atoms with Gasteiger partial charge in [-0.2, -0.15) is 18.6 Å². The second-order valence-electron chi connectivity index (χ2n) is 11.5. The Hall–Kier alpha value is -4.04. The molecular formula is C31H26F6N4O3S. The maximum Gasteiger partial charge on any atom is 0.295 e. The van der Waals surface area contributed by atoms with E-state index in [4.69, 9.17) is 0 Å². The number of aromatic nitrogens is 3. The Balaban J connectivity index is 1.41. The Morgan fingerprint density at radius 3 is 2.36 bits per heavy atom. The van der Waals surface area contributed by atoms with Crippen LogP contribution in [-0.4, -0.2) is 47.5 Å². The molecule has 2 aromatic heterocycles. The van der Waals surface area contributed by atoms with E-state index < -0.39 is 75.5 Å². The summed E-state index contributed by atoms with van der Waals surface area (Å²) in [6.07, 6.45) is -2.56. The first-order valence-electron chi connectivity index (χ1n) is 14.0. The van der Waals surface area contributed by atoms with E-state index in [9.17, 15) is 39.6 Å². The highest BCUT2D eigenvalue weighted by molar-refractivity contribution is 7.89. The Morgan fingerprint density at radius 1 is 1.07 bits per heavy atom. The minimum Gasteiger partial charge on any atom is -0.273 e. The highest BCUT2D eigenvalue weighted by atomic mass is 32.2. The fourth-order valence-corrected chi connectivity index (χ4v) is 7.03. The molecule has 1 saturated carbocycles. The molecule has 4 aromatic rings. The fraction of sp³-hybridized carbons (Fsp3) is 0.323. The van der Waals surface area contributed by atoms with Gasteiger partial charge >= 0.3 is 0 Å². The lowest BCUT2D eigenvalue weighted by Crippen LogP contribution is -2.22. The van der Waals surface area contributed by atoms with Crippen molar-refractivity contribution in [3.05, 3.63) is 101 Å². The van der Waals surface area contributed by atoms with Crippen molar-refractivity contribution in [1.82, 2.24) is 19.1 Å². The summed E-state index contributed by atoms with van der Waals surface area (Å²) < 4.78 is 113. The average molecular weight is 649 g/mol. The lowest BCUT2D eigenvalue weighted by atomic mass is 9.88. The molecule has 236 valence electrons. The first kappa shape index (κ1) is 31.0. The standard InChI is InChI=1S/C31H26F6N4O3S/c1-40(2)45(43,44)21-7-5-17(6-8-21)22-4-3-9-38-27(22)18(10-16-11-19(32)14-20(33)12-16)13-25(42)41-28(30(34)35)26-23-15-24(23)31(36,37)29(26)39-41/h3-9,11-12,14,18,23-24,30H,10,13,15H2,1-2H3/t18-,23?,24?/m1/s1. The number of carbonyl (C=O) groups is 1. The van der Waals surface area contributed by atoms with Crippen molar-refractivity contribution in [2.24, 2.45) is 5.92 Å². The topological polar surface area (TPSA) is 85.2 Å². The molecule has 0 saturated heterocycles. The van der Waals surface area contributed by atoms with E-state index in [-0.39, 0.29) is 34.6 Å². The Bertz CT molecular complexity index is 1890. The molecule has 0 amide bonds. The SMILES string of the molecule is CN(C)S(=O)(=O)c1ccc(-c2cccnc2[C@@H](CC(=O)n2nc3c(c2C(F)F)C2CC2C3(F)F)Cc2cc(F)cc(F)c2)cc1. The van der Waals surface area contributed by atoms with Crippen LogP contribution in [-0.2, 0) is 22.4 Å². The van der Waals surface area contributed by atoms with Gasteiger partial charge in [-0.1, -0.05) is 18.2 Å². The third kappa shape index (κ3) is 5.43. The molecule has 2 unspecified atom stereocenters. The summed E-state index contributed by atoms with van der Waals surface area (Å²) in [5.41, 5.74) is -0.668. The summed E-state index contributed by atoms with van der Waals surface area (Å²) in [7, 11) is -0.967. The third-order valence-electron chi connectivity index (χ3n) is 8.34. The van der Waals surface area contributed by atoms with Crippen LogP contribution in [0.4, 0.5) is 26.3 Å². The van der Waals surface area contributed by atoms with Gasteiger partial charge in [0.25, 0.3) is 12.3 Å². The Morgan fingerprint density at radius 2 is 1.73 bits per heavy atom. The maximum absolute atomic E-state index is 14.8. The van der Waals surface area contributed by atoms with Gasteiger partial charge in [0.05, 0.1) is 10.6 Å². The van der Waals surface area contributed by atoms with Crippen LogP contribution in [0, 0.1) is 17.6 Å². The second-order valence-corrected chi connectivity index (χ2v) is 13.6. The third-order valence-corrected chi connectivity index (χ3v) is 10.2. The molecular weight excluding hydrogens is 622 g/mol. The summed E-state index contributed by atoms with van der Waals surface area (Å²) in [5, 5.41) is 3.69. The van der Waals surface area contributed by atoms with Crippen molar-refractivity contribution in [1.29, 1.82) is 0 Å². The lowest BCUT2D eigenvalue weighted by molar-refractivity contribution is -0.0273. The number of pyridine rings is 1. The molecule has 2 heterocycles. The van der Waals surface area contributed by atoms with Gasteiger partial charge in [0.1, 0.15) is 23.0 Å². The van der Waals surface area contributed by atoms with Crippen molar-refractivity contribution in [3.8, 4) is 11.1 Å². The van der Waals surface area contributed by atoms with Gasteiger partial charge < -0.3 is 0 Å². The van der Waals surface area contributed by atoms with E-state index in [1.54, 1.807) is 12.1 Å². The number of halogens is 6. The largest absolute Gasteiger partial charge is 0.295 e. The Labute approximate surface area is 254 Å². The predicted molar refractivity (Wildman–Crippen MR) is 151 cm³/mol. The first-order chi connectivity index (χ1) is 21.2. The van der Waals surface area contributed by atoms with Crippen LogP contribution in [0.25, 0.3) is 11.1 Å². The van der Waals surface area contributed by atoms with Gasteiger partial charge in [0.15, 0.2) is 0 Å². The van der Waals surface area contributed by atoms with Crippen LogP contribution in [0.15, 0.2) is 65.7 Å². The van der Waals surface area contributed by atoms with Crippen LogP contribution < -0.4 is 0 Å². The second kappa shape index (κ2) is 11.1. The molecule has 45 heavy (non-hydrogen) atoms. The van der Waals surface area contributed by atoms with Crippen molar-refractivity contribution in [3.63, 3.8) is 0 Å². The number of hydrogen-bond donors (Lipinski definition) is 0. The van der Waals surface area contributed by atoms with Crippen LogP contribution in [0.5, 0.6) is 0 Å². The molecule has 7 nitrogen and oxygen atoms in total. The Kier molecular flexibility index (Phi) is 7.63. The van der Waals surface area contributed by atoms with Crippen molar-refractivity contribution >= 4 is 15.9 Å². The van der Waals surface area contributed by atoms with Crippen LogP contribution in [0.2, 0.25) is 0 Å². The molecule has 6 rings (SSSR count). The molecule has 0 aliphatic heterocycles. The smallest absolute Gasteiger partial charge is 0.273 e. The van der Waals surface area contributed by atoms with Crippen LogP contribution in [0.3, 0.4) is 0 Å². The molecule has 0 radical (unpaired) electrons. The summed E-state index contributed by atoms with van der Waals surface area (Å²) in [6, 6.07) is 11.8. The van der Waals surface area contributed by atoms with E-state index in [0.29, 0.717) is 21.9 Å². The molecule has 1 fully saturated rings. The molecule has 2 aliphatic rings. The summed E-state index contributed by atoms with van der Waals surface area (Å²) >= 11 is 0. The van der Waals surface area contributed by atoms with E-state index in [2.05, 4.69) is 10.1 Å². The van der Waals surface area contributed by atoms with Crippen molar-refractivity contribution < 1.29 is 39.6 Å². The summed E-state index contributed by atoms with van der Waals surface area (Å²) in [4.78, 5) is 18.1. The molecule has 0 bridgehead atoms. The number of fused-ring (bicyclic) bond motifs is 3. The molecule has 2 aromatic carbocycles.